The van der Waals surface area contributed by atoms with Crippen LogP contribution >= 0.6 is 0 Å². The first-order valence-electron chi connectivity index (χ1n) is 12.6. The minimum atomic E-state index is -4.93. The van der Waals surface area contributed by atoms with E-state index in [1.807, 2.05) is 23.4 Å². The van der Waals surface area contributed by atoms with Crippen LogP contribution in [0.5, 0.6) is 0 Å². The van der Waals surface area contributed by atoms with Crippen LogP contribution in [-0.4, -0.2) is 27.1 Å². The zero-order valence-electron chi connectivity index (χ0n) is 21.8. The number of hydrogen-bond acceptors (Lipinski definition) is 3. The van der Waals surface area contributed by atoms with Crippen LogP contribution in [0.4, 0.5) is 26.3 Å². The summed E-state index contributed by atoms with van der Waals surface area (Å²) < 4.78 is 82.7. The summed E-state index contributed by atoms with van der Waals surface area (Å²) in [5.41, 5.74) is 5.01. The molecule has 2 heterocycles. The zero-order chi connectivity index (χ0) is 28.8. The number of benzene rings is 2. The van der Waals surface area contributed by atoms with Crippen LogP contribution in [0, 0.1) is 6.92 Å². The molecule has 0 saturated heterocycles. The summed E-state index contributed by atoms with van der Waals surface area (Å²) in [6.07, 6.45) is -9.25. The highest BCUT2D eigenvalue weighted by atomic mass is 19.4. The molecular weight excluding hydrogens is 522 g/mol. The molecule has 3 aromatic rings. The fourth-order valence-electron chi connectivity index (χ4n) is 5.65. The average molecular weight is 553 g/mol. The molecule has 5 nitrogen and oxygen atoms in total. The van der Waals surface area contributed by atoms with Crippen molar-refractivity contribution in [3.8, 4) is 0 Å². The SMILES string of the molecule is CCn1nc(C)c2c1CCN(C(C)(C(N)=O)c1ccccc1)C2CCc1cc(C(F)(F)F)cc(C(F)(F)F)c1. The van der Waals surface area contributed by atoms with E-state index in [0.717, 1.165) is 23.4 Å². The molecule has 11 heteroatoms. The molecule has 1 aliphatic heterocycles. The molecule has 0 bridgehead atoms. The van der Waals surface area contributed by atoms with Gasteiger partial charge in [0.1, 0.15) is 5.54 Å². The van der Waals surface area contributed by atoms with Crippen molar-refractivity contribution in [3.05, 3.63) is 87.7 Å². The molecule has 4 rings (SSSR count). The third-order valence-electron chi connectivity index (χ3n) is 7.63. The Hall–Kier alpha value is -3.34. The van der Waals surface area contributed by atoms with Gasteiger partial charge in [-0.1, -0.05) is 30.3 Å². The van der Waals surface area contributed by atoms with Crippen molar-refractivity contribution in [3.63, 3.8) is 0 Å². The number of halogens is 6. The van der Waals surface area contributed by atoms with E-state index in [-0.39, 0.29) is 24.5 Å². The van der Waals surface area contributed by atoms with Crippen LogP contribution in [0.15, 0.2) is 48.5 Å². The van der Waals surface area contributed by atoms with E-state index in [2.05, 4.69) is 5.10 Å². The Morgan fingerprint density at radius 3 is 2.10 bits per heavy atom. The molecule has 39 heavy (non-hydrogen) atoms. The Bertz CT molecular complexity index is 1320. The Morgan fingerprint density at radius 2 is 1.59 bits per heavy atom. The van der Waals surface area contributed by atoms with Crippen LogP contribution in [0.25, 0.3) is 0 Å². The molecule has 2 atom stereocenters. The Morgan fingerprint density at radius 1 is 1.00 bits per heavy atom. The van der Waals surface area contributed by atoms with Crippen LogP contribution < -0.4 is 5.73 Å². The quantitative estimate of drug-likeness (QED) is 0.356. The van der Waals surface area contributed by atoms with Gasteiger partial charge in [-0.2, -0.15) is 31.4 Å². The predicted molar refractivity (Wildman–Crippen MR) is 134 cm³/mol. The molecule has 0 aliphatic carbocycles. The van der Waals surface area contributed by atoms with Crippen LogP contribution in [0.1, 0.15) is 65.5 Å². The first-order chi connectivity index (χ1) is 18.2. The topological polar surface area (TPSA) is 64.2 Å². The lowest BCUT2D eigenvalue weighted by molar-refractivity contribution is -0.143. The molecule has 1 aliphatic rings. The van der Waals surface area contributed by atoms with Gasteiger partial charge in [-0.3, -0.25) is 14.4 Å². The van der Waals surface area contributed by atoms with Crippen molar-refractivity contribution in [1.29, 1.82) is 0 Å². The number of nitrogens with zero attached hydrogens (tertiary/aromatic N) is 3. The Labute approximate surface area is 222 Å². The summed E-state index contributed by atoms with van der Waals surface area (Å²) in [5, 5.41) is 4.62. The van der Waals surface area contributed by atoms with Crippen molar-refractivity contribution >= 4 is 5.91 Å². The second-order valence-electron chi connectivity index (χ2n) is 9.98. The molecule has 1 aromatic heterocycles. The highest BCUT2D eigenvalue weighted by molar-refractivity contribution is 5.86. The number of carbonyl (C=O) groups is 1. The van der Waals surface area contributed by atoms with Gasteiger partial charge in [0.05, 0.1) is 16.8 Å². The van der Waals surface area contributed by atoms with Gasteiger partial charge in [-0.15, -0.1) is 0 Å². The molecule has 2 N–H and O–H groups in total. The second kappa shape index (κ2) is 10.3. The van der Waals surface area contributed by atoms with Gasteiger partial charge in [0.25, 0.3) is 0 Å². The van der Waals surface area contributed by atoms with E-state index in [4.69, 9.17) is 5.73 Å². The molecule has 0 spiro atoms. The Balaban J connectivity index is 1.81. The van der Waals surface area contributed by atoms with Crippen molar-refractivity contribution in [1.82, 2.24) is 14.7 Å². The van der Waals surface area contributed by atoms with Gasteiger partial charge in [0, 0.05) is 36.8 Å². The summed E-state index contributed by atoms with van der Waals surface area (Å²) in [7, 11) is 0. The molecule has 1 amide bonds. The van der Waals surface area contributed by atoms with Crippen molar-refractivity contribution < 1.29 is 31.1 Å². The summed E-state index contributed by atoms with van der Waals surface area (Å²) in [5.74, 6) is -0.610. The summed E-state index contributed by atoms with van der Waals surface area (Å²) in [4.78, 5) is 14.9. The number of rotatable bonds is 7. The Kier molecular flexibility index (Phi) is 7.59. The minimum Gasteiger partial charge on any atom is -0.368 e. The number of aryl methyl sites for hydroxylation is 3. The van der Waals surface area contributed by atoms with Gasteiger partial charge in [0.2, 0.25) is 5.91 Å². The highest BCUT2D eigenvalue weighted by Crippen LogP contribution is 2.44. The third kappa shape index (κ3) is 5.41. The average Bonchev–Trinajstić information content (AvgIpc) is 3.21. The first kappa shape index (κ1) is 28.7. The van der Waals surface area contributed by atoms with E-state index in [1.165, 1.54) is 0 Å². The summed E-state index contributed by atoms with van der Waals surface area (Å²) in [6.45, 7) is 6.45. The second-order valence-corrected chi connectivity index (χ2v) is 9.98. The van der Waals surface area contributed by atoms with Crippen LogP contribution in [0.3, 0.4) is 0 Å². The van der Waals surface area contributed by atoms with Crippen LogP contribution in [0.2, 0.25) is 0 Å². The lowest BCUT2D eigenvalue weighted by atomic mass is 9.82. The molecular formula is C28H30F6N4O. The maximum absolute atomic E-state index is 13.5. The van der Waals surface area contributed by atoms with Gasteiger partial charge >= 0.3 is 12.4 Å². The van der Waals surface area contributed by atoms with Gasteiger partial charge in [-0.25, -0.2) is 0 Å². The van der Waals surface area contributed by atoms with Crippen molar-refractivity contribution in [2.45, 2.75) is 70.5 Å². The van der Waals surface area contributed by atoms with Crippen molar-refractivity contribution in [2.75, 3.05) is 6.54 Å². The molecule has 0 saturated carbocycles. The number of aromatic nitrogens is 2. The molecule has 2 unspecified atom stereocenters. The van der Waals surface area contributed by atoms with E-state index in [0.29, 0.717) is 30.8 Å². The number of fused-ring (bicyclic) bond motifs is 1. The lowest BCUT2D eigenvalue weighted by Gasteiger charge is -2.47. The van der Waals surface area contributed by atoms with E-state index >= 15 is 0 Å². The molecule has 0 radical (unpaired) electrons. The molecule has 0 fully saturated rings. The number of alkyl halides is 6. The van der Waals surface area contributed by atoms with E-state index in [1.54, 1.807) is 37.3 Å². The number of carbonyl (C=O) groups excluding carboxylic acids is 1. The summed E-state index contributed by atoms with van der Waals surface area (Å²) >= 11 is 0. The maximum Gasteiger partial charge on any atom is 0.416 e. The smallest absolute Gasteiger partial charge is 0.368 e. The maximum atomic E-state index is 13.5. The molecule has 2 aromatic carbocycles. The highest BCUT2D eigenvalue weighted by Gasteiger charge is 2.46. The first-order valence-corrected chi connectivity index (χ1v) is 12.6. The van der Waals surface area contributed by atoms with Gasteiger partial charge in [-0.05, 0) is 62.9 Å². The number of nitrogens with two attached hydrogens (primary N) is 1. The van der Waals surface area contributed by atoms with Crippen molar-refractivity contribution in [2.24, 2.45) is 5.73 Å². The monoisotopic (exact) mass is 552 g/mol. The number of primary amides is 1. The fourth-order valence-corrected chi connectivity index (χ4v) is 5.65. The van der Waals surface area contributed by atoms with E-state index < -0.39 is 41.0 Å². The van der Waals surface area contributed by atoms with Gasteiger partial charge < -0.3 is 5.73 Å². The predicted octanol–water partition coefficient (Wildman–Crippen LogP) is 6.18. The summed E-state index contributed by atoms with van der Waals surface area (Å²) in [6, 6.07) is 10.0. The minimum absolute atomic E-state index is 0.0893. The number of amides is 1. The molecule has 210 valence electrons. The lowest BCUT2D eigenvalue weighted by Crippen LogP contribution is -2.56. The van der Waals surface area contributed by atoms with Gasteiger partial charge in [0.15, 0.2) is 0 Å². The fraction of sp³-hybridized carbons (Fsp3) is 0.429. The van der Waals surface area contributed by atoms with E-state index in [9.17, 15) is 31.1 Å². The van der Waals surface area contributed by atoms with Crippen LogP contribution in [-0.2, 0) is 42.1 Å². The normalized spacial score (nSPS) is 18.0. The third-order valence-corrected chi connectivity index (χ3v) is 7.63. The number of hydrogen-bond donors (Lipinski definition) is 1. The zero-order valence-corrected chi connectivity index (χ0v) is 21.8. The largest absolute Gasteiger partial charge is 0.416 e. The standard InChI is InChI=1S/C28H30F6N4O/c1-4-38-23-12-13-37(26(3,25(35)39)19-8-6-5-7-9-19)22(24(23)17(2)36-38)11-10-18-14-20(27(29,30)31)16-21(15-18)28(32,33)34/h5-9,14-16,22H,4,10-13H2,1-3H3,(H2,35,39).